The van der Waals surface area contributed by atoms with Gasteiger partial charge in [0.2, 0.25) is 0 Å². The van der Waals surface area contributed by atoms with Crippen LogP contribution in [-0.4, -0.2) is 0 Å². The zero-order valence-electron chi connectivity index (χ0n) is 18.6. The fourth-order valence-electron chi connectivity index (χ4n) is 4.78. The molecule has 0 aliphatic heterocycles. The van der Waals surface area contributed by atoms with Gasteiger partial charge in [0, 0.05) is 0 Å². The first-order valence-corrected chi connectivity index (χ1v) is 11.7. The minimum Gasteiger partial charge on any atom is -0.206 e. The quantitative estimate of drug-likeness (QED) is 0.363. The molecule has 0 amide bonds. The van der Waals surface area contributed by atoms with E-state index < -0.39 is 17.6 Å². The molecular formula is C27H34F4. The van der Waals surface area contributed by atoms with Crippen molar-refractivity contribution in [1.82, 2.24) is 0 Å². The highest BCUT2D eigenvalue weighted by Crippen LogP contribution is 2.35. The van der Waals surface area contributed by atoms with E-state index in [4.69, 9.17) is 0 Å². The molecule has 0 heterocycles. The van der Waals surface area contributed by atoms with Gasteiger partial charge in [-0.3, -0.25) is 0 Å². The Balaban J connectivity index is 1.47. The van der Waals surface area contributed by atoms with Crippen LogP contribution in [0, 0.1) is 23.6 Å². The zero-order valence-corrected chi connectivity index (χ0v) is 18.6. The molecule has 2 aromatic carbocycles. The summed E-state index contributed by atoms with van der Waals surface area (Å²) in [6.07, 6.45) is 7.01. The number of hydrogen-bond donors (Lipinski definition) is 0. The molecule has 3 rings (SSSR count). The van der Waals surface area contributed by atoms with Crippen LogP contribution in [0.2, 0.25) is 0 Å². The molecule has 31 heavy (non-hydrogen) atoms. The largest absolute Gasteiger partial charge is 0.419 e. The smallest absolute Gasteiger partial charge is 0.206 e. The summed E-state index contributed by atoms with van der Waals surface area (Å²) in [4.78, 5) is 0. The van der Waals surface area contributed by atoms with Crippen LogP contribution in [0.1, 0.15) is 76.3 Å². The van der Waals surface area contributed by atoms with Gasteiger partial charge in [-0.05, 0) is 59.4 Å². The van der Waals surface area contributed by atoms with E-state index in [0.717, 1.165) is 41.9 Å². The minimum absolute atomic E-state index is 0.466. The first-order chi connectivity index (χ1) is 14.7. The SMILES string of the molecule is CC(C)CCCC1CCC(CCc2ccc(-c3ccc(C(F)(F)F)c(F)c3)cc2)CC1. The Hall–Kier alpha value is -1.84. The molecule has 0 radical (unpaired) electrons. The molecule has 2 aromatic rings. The normalized spacial score (nSPS) is 19.7. The number of rotatable bonds is 8. The third-order valence-corrected chi connectivity index (χ3v) is 6.76. The average Bonchev–Trinajstić information content (AvgIpc) is 2.72. The Kier molecular flexibility index (Phi) is 8.18. The molecule has 0 unspecified atom stereocenters. The van der Waals surface area contributed by atoms with Crippen molar-refractivity contribution in [2.45, 2.75) is 77.8 Å². The first kappa shape index (κ1) is 23.8. The molecule has 170 valence electrons. The number of benzene rings is 2. The van der Waals surface area contributed by atoms with Crippen LogP contribution in [0.4, 0.5) is 17.6 Å². The summed E-state index contributed by atoms with van der Waals surface area (Å²) in [5, 5.41) is 0. The van der Waals surface area contributed by atoms with E-state index in [2.05, 4.69) is 13.8 Å². The van der Waals surface area contributed by atoms with E-state index >= 15 is 0 Å². The molecule has 4 heteroatoms. The van der Waals surface area contributed by atoms with Gasteiger partial charge in [-0.25, -0.2) is 4.39 Å². The highest BCUT2D eigenvalue weighted by Gasteiger charge is 2.33. The van der Waals surface area contributed by atoms with Crippen LogP contribution in [0.15, 0.2) is 42.5 Å². The molecule has 1 aliphatic carbocycles. The van der Waals surface area contributed by atoms with Crippen molar-refractivity contribution in [3.05, 3.63) is 59.4 Å². The van der Waals surface area contributed by atoms with Gasteiger partial charge in [0.05, 0.1) is 5.56 Å². The summed E-state index contributed by atoms with van der Waals surface area (Å²) in [7, 11) is 0. The van der Waals surface area contributed by atoms with E-state index in [1.54, 1.807) is 0 Å². The molecule has 0 saturated heterocycles. The van der Waals surface area contributed by atoms with Gasteiger partial charge in [0.1, 0.15) is 5.82 Å². The Labute approximate surface area is 184 Å². The van der Waals surface area contributed by atoms with Crippen molar-refractivity contribution in [1.29, 1.82) is 0 Å². The molecule has 1 saturated carbocycles. The van der Waals surface area contributed by atoms with Crippen LogP contribution < -0.4 is 0 Å². The molecule has 1 aliphatic rings. The van der Waals surface area contributed by atoms with Gasteiger partial charge >= 0.3 is 6.18 Å². The summed E-state index contributed by atoms with van der Waals surface area (Å²) < 4.78 is 52.1. The lowest BCUT2D eigenvalue weighted by Gasteiger charge is -2.28. The van der Waals surface area contributed by atoms with Crippen molar-refractivity contribution < 1.29 is 17.6 Å². The number of halogens is 4. The predicted octanol–water partition coefficient (Wildman–Crippen LogP) is 9.08. The third kappa shape index (κ3) is 7.08. The maximum atomic E-state index is 13.8. The van der Waals surface area contributed by atoms with Crippen LogP contribution in [-0.2, 0) is 12.6 Å². The third-order valence-electron chi connectivity index (χ3n) is 6.76. The standard InChI is InChI=1S/C27H34F4/c1-19(2)4-3-5-20-6-8-21(9-7-20)10-11-22-12-14-23(15-13-22)24-16-17-25(26(28)18-24)27(29,30)31/h12-21H,3-11H2,1-2H3. The summed E-state index contributed by atoms with van der Waals surface area (Å²) in [5.74, 6) is 1.29. The summed E-state index contributed by atoms with van der Waals surface area (Å²) in [6, 6.07) is 10.9. The average molecular weight is 435 g/mol. The number of alkyl halides is 3. The van der Waals surface area contributed by atoms with Crippen molar-refractivity contribution in [3.63, 3.8) is 0 Å². The van der Waals surface area contributed by atoms with Crippen molar-refractivity contribution in [2.75, 3.05) is 0 Å². The Bertz CT molecular complexity index is 812. The van der Waals surface area contributed by atoms with Crippen molar-refractivity contribution in [2.24, 2.45) is 17.8 Å². The van der Waals surface area contributed by atoms with E-state index in [-0.39, 0.29) is 0 Å². The minimum atomic E-state index is -4.67. The fraction of sp³-hybridized carbons (Fsp3) is 0.556. The Morgan fingerprint density at radius 2 is 1.42 bits per heavy atom. The van der Waals surface area contributed by atoms with Gasteiger partial charge in [-0.1, -0.05) is 89.1 Å². The second-order valence-electron chi connectivity index (χ2n) is 9.64. The van der Waals surface area contributed by atoms with Crippen LogP contribution in [0.3, 0.4) is 0 Å². The maximum Gasteiger partial charge on any atom is 0.419 e. The molecule has 0 nitrogen and oxygen atoms in total. The lowest BCUT2D eigenvalue weighted by molar-refractivity contribution is -0.139. The van der Waals surface area contributed by atoms with Crippen LogP contribution in [0.25, 0.3) is 11.1 Å². The molecule has 0 aromatic heterocycles. The second kappa shape index (κ2) is 10.7. The highest BCUT2D eigenvalue weighted by atomic mass is 19.4. The number of aryl methyl sites for hydroxylation is 1. The van der Waals surface area contributed by atoms with Crippen molar-refractivity contribution >= 4 is 0 Å². The lowest BCUT2D eigenvalue weighted by Crippen LogP contribution is -2.15. The van der Waals surface area contributed by atoms with Gasteiger partial charge in [0.15, 0.2) is 0 Å². The van der Waals surface area contributed by atoms with E-state index in [0.29, 0.717) is 5.56 Å². The first-order valence-electron chi connectivity index (χ1n) is 11.7. The maximum absolute atomic E-state index is 13.8. The Morgan fingerprint density at radius 1 is 0.839 bits per heavy atom. The lowest BCUT2D eigenvalue weighted by atomic mass is 9.77. The molecule has 0 atom stereocenters. The van der Waals surface area contributed by atoms with Gasteiger partial charge in [-0.15, -0.1) is 0 Å². The van der Waals surface area contributed by atoms with E-state index in [9.17, 15) is 17.6 Å². The molecule has 0 spiro atoms. The summed E-state index contributed by atoms with van der Waals surface area (Å²) in [5.41, 5.74) is 1.21. The molecular weight excluding hydrogens is 400 g/mol. The van der Waals surface area contributed by atoms with Crippen molar-refractivity contribution in [3.8, 4) is 11.1 Å². The molecule has 1 fully saturated rings. The fourth-order valence-corrected chi connectivity index (χ4v) is 4.78. The van der Waals surface area contributed by atoms with Gasteiger partial charge in [-0.2, -0.15) is 13.2 Å². The summed E-state index contributed by atoms with van der Waals surface area (Å²) in [6.45, 7) is 4.59. The second-order valence-corrected chi connectivity index (χ2v) is 9.64. The molecule has 0 bridgehead atoms. The molecule has 0 N–H and O–H groups in total. The Morgan fingerprint density at radius 3 is 1.97 bits per heavy atom. The highest BCUT2D eigenvalue weighted by molar-refractivity contribution is 5.64. The summed E-state index contributed by atoms with van der Waals surface area (Å²) >= 11 is 0. The van der Waals surface area contributed by atoms with E-state index in [1.807, 2.05) is 24.3 Å². The van der Waals surface area contributed by atoms with Crippen LogP contribution >= 0.6 is 0 Å². The van der Waals surface area contributed by atoms with Gasteiger partial charge in [0.25, 0.3) is 0 Å². The van der Waals surface area contributed by atoms with Gasteiger partial charge < -0.3 is 0 Å². The topological polar surface area (TPSA) is 0 Å². The zero-order chi connectivity index (χ0) is 22.4. The monoisotopic (exact) mass is 434 g/mol. The predicted molar refractivity (Wildman–Crippen MR) is 119 cm³/mol. The number of hydrogen-bond acceptors (Lipinski definition) is 0. The van der Waals surface area contributed by atoms with E-state index in [1.165, 1.54) is 63.0 Å². The van der Waals surface area contributed by atoms with Crippen LogP contribution in [0.5, 0.6) is 0 Å².